The van der Waals surface area contributed by atoms with Gasteiger partial charge in [0.1, 0.15) is 5.54 Å². The summed E-state index contributed by atoms with van der Waals surface area (Å²) in [6.07, 6.45) is 5.50. The molecule has 0 spiro atoms. The second-order valence-corrected chi connectivity index (χ2v) is 5.00. The first-order chi connectivity index (χ1) is 7.03. The van der Waals surface area contributed by atoms with E-state index in [2.05, 4.69) is 11.2 Å². The molecule has 0 bridgehead atoms. The molecule has 4 nitrogen and oxygen atoms in total. The molecule has 0 aromatic carbocycles. The van der Waals surface area contributed by atoms with Crippen LogP contribution in [0.3, 0.4) is 0 Å². The lowest BCUT2D eigenvalue weighted by Gasteiger charge is -2.13. The average Bonchev–Trinajstić information content (AvgIpc) is 2.59. The smallest absolute Gasteiger partial charge is 0.101 e. The lowest BCUT2D eigenvalue weighted by atomic mass is 10.0. The second-order valence-electron chi connectivity index (χ2n) is 3.83. The fourth-order valence-electron chi connectivity index (χ4n) is 1.16. The van der Waals surface area contributed by atoms with Crippen LogP contribution in [-0.2, 0) is 7.05 Å². The number of rotatable bonds is 5. The fraction of sp³-hybridized carbons (Fsp3) is 0.600. The van der Waals surface area contributed by atoms with Crippen molar-refractivity contribution in [3.05, 3.63) is 12.4 Å². The predicted octanol–water partition coefficient (Wildman–Crippen LogP) is 1.53. The van der Waals surface area contributed by atoms with E-state index in [-0.39, 0.29) is 0 Å². The minimum absolute atomic E-state index is 0.685. The minimum atomic E-state index is -0.685. The molecule has 0 fully saturated rings. The van der Waals surface area contributed by atoms with Crippen molar-refractivity contribution in [3.8, 4) is 6.07 Å². The molecule has 0 aliphatic rings. The summed E-state index contributed by atoms with van der Waals surface area (Å²) in [5.41, 5.74) is 5.03. The summed E-state index contributed by atoms with van der Waals surface area (Å²) in [6.45, 7) is 1.77. The van der Waals surface area contributed by atoms with E-state index >= 15 is 0 Å². The van der Waals surface area contributed by atoms with Crippen molar-refractivity contribution in [2.24, 2.45) is 12.8 Å². The van der Waals surface area contributed by atoms with Crippen molar-refractivity contribution < 1.29 is 0 Å². The molecule has 1 rings (SSSR count). The Kier molecular flexibility index (Phi) is 4.18. The Labute approximate surface area is 94.4 Å². The maximum Gasteiger partial charge on any atom is 0.101 e. The maximum absolute atomic E-state index is 8.72. The van der Waals surface area contributed by atoms with Gasteiger partial charge in [0.15, 0.2) is 0 Å². The van der Waals surface area contributed by atoms with Crippen LogP contribution in [0, 0.1) is 11.3 Å². The van der Waals surface area contributed by atoms with Crippen LogP contribution in [0.25, 0.3) is 0 Å². The number of aryl methyl sites for hydroxylation is 1. The number of hydrogen-bond donors (Lipinski definition) is 1. The van der Waals surface area contributed by atoms with Gasteiger partial charge in [0.2, 0.25) is 0 Å². The van der Waals surface area contributed by atoms with Gasteiger partial charge in [0.05, 0.1) is 12.3 Å². The van der Waals surface area contributed by atoms with Crippen LogP contribution in [0.15, 0.2) is 17.3 Å². The molecule has 0 amide bonds. The average molecular weight is 224 g/mol. The zero-order chi connectivity index (χ0) is 11.3. The predicted molar refractivity (Wildman–Crippen MR) is 61.4 cm³/mol. The Balaban J connectivity index is 2.21. The number of nitrogens with two attached hydrogens (primary N) is 1. The minimum Gasteiger partial charge on any atom is -0.314 e. The molecular weight excluding hydrogens is 208 g/mol. The molecular formula is C10H16N4S. The summed E-state index contributed by atoms with van der Waals surface area (Å²) in [4.78, 5) is 1.16. The van der Waals surface area contributed by atoms with Crippen molar-refractivity contribution in [1.82, 2.24) is 9.78 Å². The molecule has 1 unspecified atom stereocenters. The first-order valence-electron chi connectivity index (χ1n) is 4.85. The number of nitriles is 1. The fourth-order valence-corrected chi connectivity index (χ4v) is 2.03. The number of nitrogens with zero attached hydrogens (tertiary/aromatic N) is 3. The SMILES string of the molecule is Cn1cc(SCCCC(C)(N)C#N)cn1. The molecule has 82 valence electrons. The van der Waals surface area contributed by atoms with Crippen LogP contribution in [0.1, 0.15) is 19.8 Å². The van der Waals surface area contributed by atoms with Gasteiger partial charge >= 0.3 is 0 Å². The van der Waals surface area contributed by atoms with E-state index in [1.807, 2.05) is 19.4 Å². The molecule has 0 saturated heterocycles. The summed E-state index contributed by atoms with van der Waals surface area (Å²) in [5.74, 6) is 0.972. The molecule has 1 heterocycles. The highest BCUT2D eigenvalue weighted by atomic mass is 32.2. The van der Waals surface area contributed by atoms with E-state index in [9.17, 15) is 0 Å². The molecule has 0 aliphatic heterocycles. The van der Waals surface area contributed by atoms with Gasteiger partial charge in [-0.05, 0) is 25.5 Å². The Bertz CT molecular complexity index is 351. The topological polar surface area (TPSA) is 67.6 Å². The van der Waals surface area contributed by atoms with Crippen molar-refractivity contribution in [2.45, 2.75) is 30.2 Å². The summed E-state index contributed by atoms with van der Waals surface area (Å²) in [5, 5.41) is 12.8. The molecule has 15 heavy (non-hydrogen) atoms. The first-order valence-corrected chi connectivity index (χ1v) is 5.84. The van der Waals surface area contributed by atoms with E-state index < -0.39 is 5.54 Å². The van der Waals surface area contributed by atoms with Gasteiger partial charge in [-0.25, -0.2) is 0 Å². The van der Waals surface area contributed by atoms with Gasteiger partial charge in [-0.15, -0.1) is 11.8 Å². The lowest BCUT2D eigenvalue weighted by molar-refractivity contribution is 0.540. The second kappa shape index (κ2) is 5.19. The van der Waals surface area contributed by atoms with Crippen molar-refractivity contribution in [2.75, 3.05) is 5.75 Å². The highest BCUT2D eigenvalue weighted by Crippen LogP contribution is 2.19. The first kappa shape index (κ1) is 12.1. The zero-order valence-electron chi connectivity index (χ0n) is 9.10. The third-order valence-corrected chi connectivity index (χ3v) is 3.08. The molecule has 0 saturated carbocycles. The van der Waals surface area contributed by atoms with Crippen LogP contribution < -0.4 is 5.73 Å². The van der Waals surface area contributed by atoms with Gasteiger partial charge in [-0.3, -0.25) is 4.68 Å². The monoisotopic (exact) mass is 224 g/mol. The normalized spacial score (nSPS) is 14.5. The maximum atomic E-state index is 8.72. The van der Waals surface area contributed by atoms with Gasteiger partial charge in [0.25, 0.3) is 0 Å². The number of hydrogen-bond acceptors (Lipinski definition) is 4. The molecule has 1 aromatic heterocycles. The number of aromatic nitrogens is 2. The Hall–Kier alpha value is -0.990. The van der Waals surface area contributed by atoms with Crippen LogP contribution >= 0.6 is 11.8 Å². The standard InChI is InChI=1S/C10H16N4S/c1-10(12,8-11)4-3-5-15-9-6-13-14(2)7-9/h6-7H,3-5,12H2,1-2H3. The van der Waals surface area contributed by atoms with Crippen LogP contribution in [-0.4, -0.2) is 21.1 Å². The van der Waals surface area contributed by atoms with Crippen LogP contribution in [0.5, 0.6) is 0 Å². The quantitative estimate of drug-likeness (QED) is 0.608. The van der Waals surface area contributed by atoms with E-state index in [1.165, 1.54) is 0 Å². The third-order valence-electron chi connectivity index (χ3n) is 2.05. The van der Waals surface area contributed by atoms with Crippen molar-refractivity contribution >= 4 is 11.8 Å². The summed E-state index contributed by atoms with van der Waals surface area (Å²) < 4.78 is 1.78. The zero-order valence-corrected chi connectivity index (χ0v) is 9.92. The van der Waals surface area contributed by atoms with Crippen molar-refractivity contribution in [1.29, 1.82) is 5.26 Å². The lowest BCUT2D eigenvalue weighted by Crippen LogP contribution is -2.33. The van der Waals surface area contributed by atoms with E-state index in [0.717, 1.165) is 23.5 Å². The molecule has 0 radical (unpaired) electrons. The molecule has 1 aromatic rings. The Morgan fingerprint density at radius 2 is 2.47 bits per heavy atom. The molecule has 5 heteroatoms. The van der Waals surface area contributed by atoms with Gasteiger partial charge in [-0.1, -0.05) is 0 Å². The van der Waals surface area contributed by atoms with E-state index in [4.69, 9.17) is 11.0 Å². The Morgan fingerprint density at radius 1 is 1.73 bits per heavy atom. The highest BCUT2D eigenvalue weighted by Gasteiger charge is 2.15. The van der Waals surface area contributed by atoms with Crippen LogP contribution in [0.4, 0.5) is 0 Å². The molecule has 1 atom stereocenters. The highest BCUT2D eigenvalue weighted by molar-refractivity contribution is 7.99. The molecule has 2 N–H and O–H groups in total. The summed E-state index contributed by atoms with van der Waals surface area (Å²) in [6, 6.07) is 2.10. The van der Waals surface area contributed by atoms with Gasteiger partial charge < -0.3 is 5.73 Å². The summed E-state index contributed by atoms with van der Waals surface area (Å²) in [7, 11) is 1.90. The van der Waals surface area contributed by atoms with E-state index in [0.29, 0.717) is 0 Å². The molecule has 0 aliphatic carbocycles. The van der Waals surface area contributed by atoms with Crippen LogP contribution in [0.2, 0.25) is 0 Å². The van der Waals surface area contributed by atoms with Crippen molar-refractivity contribution in [3.63, 3.8) is 0 Å². The van der Waals surface area contributed by atoms with Gasteiger partial charge in [0, 0.05) is 18.1 Å². The number of thioether (sulfide) groups is 1. The third kappa shape index (κ3) is 4.36. The van der Waals surface area contributed by atoms with E-state index in [1.54, 1.807) is 23.4 Å². The van der Waals surface area contributed by atoms with Gasteiger partial charge in [-0.2, -0.15) is 10.4 Å². The largest absolute Gasteiger partial charge is 0.314 e. The summed E-state index contributed by atoms with van der Waals surface area (Å²) >= 11 is 1.74. The Morgan fingerprint density at radius 3 is 3.00 bits per heavy atom.